The van der Waals surface area contributed by atoms with E-state index in [0.717, 1.165) is 11.4 Å². The van der Waals surface area contributed by atoms with Crippen molar-refractivity contribution in [1.82, 2.24) is 5.32 Å². The highest BCUT2D eigenvalue weighted by molar-refractivity contribution is 5.89. The minimum Gasteiger partial charge on any atom is -0.381 e. The molecular weight excluding hydrogens is 244 g/mol. The van der Waals surface area contributed by atoms with Crippen molar-refractivity contribution in [1.29, 1.82) is 0 Å². The summed E-state index contributed by atoms with van der Waals surface area (Å²) in [6.45, 7) is 2.26. The first-order valence-electron chi connectivity index (χ1n) is 6.24. The van der Waals surface area contributed by atoms with E-state index in [0.29, 0.717) is 6.54 Å². The lowest BCUT2D eigenvalue weighted by molar-refractivity contribution is -0.122. The van der Waals surface area contributed by atoms with Gasteiger partial charge < -0.3 is 21.7 Å². The van der Waals surface area contributed by atoms with Crippen LogP contribution in [0.25, 0.3) is 0 Å². The van der Waals surface area contributed by atoms with Gasteiger partial charge in [0.15, 0.2) is 0 Å². The van der Waals surface area contributed by atoms with E-state index in [1.807, 2.05) is 24.3 Å². The molecule has 1 heterocycles. The van der Waals surface area contributed by atoms with E-state index >= 15 is 0 Å². The number of rotatable bonds is 4. The summed E-state index contributed by atoms with van der Waals surface area (Å²) in [5.41, 5.74) is 6.98. The smallest absolute Gasteiger partial charge is 0.244 e. The lowest BCUT2D eigenvalue weighted by Crippen LogP contribution is -2.49. The number of hydrogen-bond donors (Lipinski definition) is 4. The molecule has 19 heavy (non-hydrogen) atoms. The van der Waals surface area contributed by atoms with Crippen molar-refractivity contribution < 1.29 is 9.59 Å². The number of hydrogen-bond acceptors (Lipinski definition) is 4. The number of primary amides is 1. The van der Waals surface area contributed by atoms with E-state index in [1.165, 1.54) is 0 Å². The first kappa shape index (κ1) is 13.2. The van der Waals surface area contributed by atoms with Crippen LogP contribution < -0.4 is 21.7 Å². The van der Waals surface area contributed by atoms with Crippen molar-refractivity contribution in [2.24, 2.45) is 5.73 Å². The van der Waals surface area contributed by atoms with E-state index in [1.54, 1.807) is 6.92 Å². The van der Waals surface area contributed by atoms with Crippen molar-refractivity contribution in [3.05, 3.63) is 24.3 Å². The highest BCUT2D eigenvalue weighted by atomic mass is 16.2. The maximum absolute atomic E-state index is 12.0. The maximum Gasteiger partial charge on any atom is 0.244 e. The number of amides is 2. The van der Waals surface area contributed by atoms with Gasteiger partial charge in [0, 0.05) is 19.0 Å². The molecule has 1 aromatic rings. The lowest BCUT2D eigenvalue weighted by atomic mass is 10.1. The quantitative estimate of drug-likeness (QED) is 0.626. The van der Waals surface area contributed by atoms with E-state index in [4.69, 9.17) is 5.73 Å². The molecule has 2 unspecified atom stereocenters. The van der Waals surface area contributed by atoms with Crippen LogP contribution in [0.15, 0.2) is 24.3 Å². The van der Waals surface area contributed by atoms with Crippen molar-refractivity contribution in [2.75, 3.05) is 17.2 Å². The zero-order chi connectivity index (χ0) is 13.8. The molecule has 0 saturated carbocycles. The second-order valence-corrected chi connectivity index (χ2v) is 4.70. The number of carbonyl (C=O) groups is 2. The van der Waals surface area contributed by atoms with Crippen LogP contribution in [-0.4, -0.2) is 30.4 Å². The summed E-state index contributed by atoms with van der Waals surface area (Å²) in [6, 6.07) is 7.09. The second kappa shape index (κ2) is 5.60. The summed E-state index contributed by atoms with van der Waals surface area (Å²) in [4.78, 5) is 22.8. The molecule has 0 aromatic heterocycles. The highest BCUT2D eigenvalue weighted by Gasteiger charge is 2.24. The predicted octanol–water partition coefficient (Wildman–Crippen LogP) is 0.273. The Kier molecular flexibility index (Phi) is 3.89. The Morgan fingerprint density at radius 3 is 2.79 bits per heavy atom. The highest BCUT2D eigenvalue weighted by Crippen LogP contribution is 2.25. The van der Waals surface area contributed by atoms with Crippen LogP contribution in [0.1, 0.15) is 13.3 Å². The van der Waals surface area contributed by atoms with Gasteiger partial charge in [0.05, 0.1) is 11.4 Å². The molecule has 0 aliphatic carbocycles. The van der Waals surface area contributed by atoms with Crippen molar-refractivity contribution in [3.8, 4) is 0 Å². The molecule has 5 N–H and O–H groups in total. The molecular formula is C13H18N4O2. The van der Waals surface area contributed by atoms with Crippen LogP contribution in [0.5, 0.6) is 0 Å². The third-order valence-corrected chi connectivity index (χ3v) is 2.97. The molecule has 0 saturated heterocycles. The molecule has 0 bridgehead atoms. The summed E-state index contributed by atoms with van der Waals surface area (Å²) >= 11 is 0. The summed E-state index contributed by atoms with van der Waals surface area (Å²) < 4.78 is 0. The molecule has 1 aliphatic rings. The first-order valence-corrected chi connectivity index (χ1v) is 6.24. The molecule has 0 fully saturated rings. The number of anilines is 2. The molecule has 0 radical (unpaired) electrons. The third-order valence-electron chi connectivity index (χ3n) is 2.97. The molecule has 6 nitrogen and oxygen atoms in total. The average Bonchev–Trinajstić information content (AvgIpc) is 2.37. The minimum absolute atomic E-state index is 0.141. The van der Waals surface area contributed by atoms with Crippen molar-refractivity contribution >= 4 is 23.2 Å². The fourth-order valence-corrected chi connectivity index (χ4v) is 2.07. The van der Waals surface area contributed by atoms with Crippen LogP contribution in [0.4, 0.5) is 11.4 Å². The molecule has 102 valence electrons. The van der Waals surface area contributed by atoms with Gasteiger partial charge in [-0.3, -0.25) is 9.59 Å². The third kappa shape index (κ3) is 3.37. The number of carbonyl (C=O) groups excluding carboxylic acids is 2. The Morgan fingerprint density at radius 2 is 2.11 bits per heavy atom. The summed E-state index contributed by atoms with van der Waals surface area (Å²) in [7, 11) is 0. The number of nitrogens with one attached hydrogen (secondary N) is 3. The number of para-hydroxylation sites is 2. The normalized spacial score (nSPS) is 18.5. The zero-order valence-electron chi connectivity index (χ0n) is 10.8. The topological polar surface area (TPSA) is 96.2 Å². The molecule has 1 aromatic carbocycles. The molecule has 2 atom stereocenters. The van der Waals surface area contributed by atoms with Crippen molar-refractivity contribution in [3.63, 3.8) is 0 Å². The van der Waals surface area contributed by atoms with Crippen LogP contribution in [-0.2, 0) is 9.59 Å². The van der Waals surface area contributed by atoms with Crippen LogP contribution >= 0.6 is 0 Å². The Balaban J connectivity index is 1.93. The van der Waals surface area contributed by atoms with E-state index in [2.05, 4.69) is 16.0 Å². The van der Waals surface area contributed by atoms with Gasteiger partial charge in [0.2, 0.25) is 11.8 Å². The van der Waals surface area contributed by atoms with Gasteiger partial charge in [0.25, 0.3) is 0 Å². The fraction of sp³-hybridized carbons (Fsp3) is 0.385. The lowest BCUT2D eigenvalue weighted by Gasteiger charge is -2.28. The summed E-state index contributed by atoms with van der Waals surface area (Å²) in [5.74, 6) is -0.566. The molecule has 2 rings (SSSR count). The van der Waals surface area contributed by atoms with Gasteiger partial charge in [-0.1, -0.05) is 12.1 Å². The number of fused-ring (bicyclic) bond motifs is 1. The number of benzene rings is 1. The SMILES string of the molecule is CC(CC(N)=O)NC(=O)C1CNc2ccccc2N1. The molecule has 0 spiro atoms. The molecule has 1 aliphatic heterocycles. The fourth-order valence-electron chi connectivity index (χ4n) is 2.07. The van der Waals surface area contributed by atoms with Gasteiger partial charge in [-0.25, -0.2) is 0 Å². The first-order chi connectivity index (χ1) is 9.06. The maximum atomic E-state index is 12.0. The van der Waals surface area contributed by atoms with Gasteiger partial charge in [-0.15, -0.1) is 0 Å². The Bertz CT molecular complexity index is 489. The van der Waals surface area contributed by atoms with Crippen LogP contribution in [0.2, 0.25) is 0 Å². The van der Waals surface area contributed by atoms with Gasteiger partial charge in [-0.05, 0) is 19.1 Å². The van der Waals surface area contributed by atoms with E-state index in [-0.39, 0.29) is 24.4 Å². The van der Waals surface area contributed by atoms with Gasteiger partial charge in [0.1, 0.15) is 6.04 Å². The van der Waals surface area contributed by atoms with Gasteiger partial charge in [-0.2, -0.15) is 0 Å². The van der Waals surface area contributed by atoms with Crippen LogP contribution in [0.3, 0.4) is 0 Å². The Labute approximate surface area is 111 Å². The standard InChI is InChI=1S/C13H18N4O2/c1-8(6-12(14)18)16-13(19)11-7-15-9-4-2-3-5-10(9)17-11/h2-5,8,11,15,17H,6-7H2,1H3,(H2,14,18)(H,16,19). The van der Waals surface area contributed by atoms with Crippen molar-refractivity contribution in [2.45, 2.75) is 25.4 Å². The molecule has 6 heteroatoms. The second-order valence-electron chi connectivity index (χ2n) is 4.70. The summed E-state index contributed by atoms with van der Waals surface area (Å²) in [6.07, 6.45) is 0.141. The zero-order valence-corrected chi connectivity index (χ0v) is 10.8. The largest absolute Gasteiger partial charge is 0.381 e. The Hall–Kier alpha value is -2.24. The van der Waals surface area contributed by atoms with E-state index < -0.39 is 5.91 Å². The van der Waals surface area contributed by atoms with Gasteiger partial charge >= 0.3 is 0 Å². The minimum atomic E-state index is -0.423. The number of nitrogens with two attached hydrogens (primary N) is 1. The van der Waals surface area contributed by atoms with Crippen LogP contribution in [0, 0.1) is 0 Å². The predicted molar refractivity (Wildman–Crippen MR) is 73.8 cm³/mol. The monoisotopic (exact) mass is 262 g/mol. The average molecular weight is 262 g/mol. The molecule has 2 amide bonds. The summed E-state index contributed by atoms with van der Waals surface area (Å²) in [5, 5.41) is 9.13. The Morgan fingerprint density at radius 1 is 1.42 bits per heavy atom. The van der Waals surface area contributed by atoms with E-state index in [9.17, 15) is 9.59 Å².